The Morgan fingerprint density at radius 1 is 1.12 bits per heavy atom. The molecule has 0 spiro atoms. The van der Waals surface area contributed by atoms with Crippen molar-refractivity contribution in [3.63, 3.8) is 0 Å². The number of sulfone groups is 1. The van der Waals surface area contributed by atoms with Crippen molar-refractivity contribution in [1.29, 1.82) is 5.26 Å². The quantitative estimate of drug-likeness (QED) is 0.790. The molecular formula is C18H25N3O3S. The highest BCUT2D eigenvalue weighted by atomic mass is 32.2. The Hall–Kier alpha value is -1.91. The second kappa shape index (κ2) is 7.98. The first-order valence-corrected chi connectivity index (χ1v) is 10.1. The van der Waals surface area contributed by atoms with Gasteiger partial charge in [0, 0.05) is 32.7 Å². The molecule has 1 aromatic rings. The van der Waals surface area contributed by atoms with E-state index in [0.717, 1.165) is 12.1 Å². The number of nitrogens with zero attached hydrogens (tertiary/aromatic N) is 3. The largest absolute Gasteiger partial charge is 0.339 e. The molecule has 1 fully saturated rings. The Bertz CT molecular complexity index is 743. The number of rotatable bonds is 5. The minimum absolute atomic E-state index is 0.299. The molecule has 0 saturated carbocycles. The molecule has 25 heavy (non-hydrogen) atoms. The summed E-state index contributed by atoms with van der Waals surface area (Å²) in [7, 11) is -3.43. The van der Waals surface area contributed by atoms with E-state index in [1.165, 1.54) is 6.92 Å². The van der Waals surface area contributed by atoms with Gasteiger partial charge >= 0.3 is 0 Å². The third-order valence-electron chi connectivity index (χ3n) is 4.67. The summed E-state index contributed by atoms with van der Waals surface area (Å²) in [5.74, 6) is -0.299. The van der Waals surface area contributed by atoms with E-state index < -0.39 is 20.3 Å². The van der Waals surface area contributed by atoms with Gasteiger partial charge in [-0.2, -0.15) is 5.26 Å². The van der Waals surface area contributed by atoms with Crippen LogP contribution < -0.4 is 0 Å². The van der Waals surface area contributed by atoms with Gasteiger partial charge in [-0.15, -0.1) is 0 Å². The highest BCUT2D eigenvalue weighted by molar-refractivity contribution is 7.93. The van der Waals surface area contributed by atoms with Crippen molar-refractivity contribution < 1.29 is 13.2 Å². The Morgan fingerprint density at radius 2 is 1.68 bits per heavy atom. The zero-order valence-corrected chi connectivity index (χ0v) is 15.8. The lowest BCUT2D eigenvalue weighted by atomic mass is 10.1. The van der Waals surface area contributed by atoms with Gasteiger partial charge in [-0.05, 0) is 38.5 Å². The Labute approximate surface area is 150 Å². The molecule has 1 atom stereocenters. The number of nitriles is 1. The van der Waals surface area contributed by atoms with Gasteiger partial charge in [0.15, 0.2) is 9.84 Å². The van der Waals surface area contributed by atoms with E-state index in [1.807, 2.05) is 12.1 Å². The van der Waals surface area contributed by atoms with Crippen molar-refractivity contribution >= 4 is 15.7 Å². The van der Waals surface area contributed by atoms with Gasteiger partial charge in [0.1, 0.15) is 5.25 Å². The summed E-state index contributed by atoms with van der Waals surface area (Å²) in [6.07, 6.45) is 0. The first-order valence-electron chi connectivity index (χ1n) is 8.48. The molecule has 0 bridgehead atoms. The van der Waals surface area contributed by atoms with E-state index >= 15 is 0 Å². The van der Waals surface area contributed by atoms with Crippen LogP contribution in [0.5, 0.6) is 0 Å². The summed E-state index contributed by atoms with van der Waals surface area (Å²) in [4.78, 5) is 16.4. The average molecular weight is 363 g/mol. The number of carbonyl (C=O) groups excluding carboxylic acids is 1. The van der Waals surface area contributed by atoms with E-state index in [9.17, 15) is 13.2 Å². The van der Waals surface area contributed by atoms with Crippen LogP contribution in [0.1, 0.15) is 31.9 Å². The first-order chi connectivity index (χ1) is 11.8. The lowest BCUT2D eigenvalue weighted by molar-refractivity contribution is -0.132. The van der Waals surface area contributed by atoms with Gasteiger partial charge in [-0.1, -0.05) is 12.1 Å². The summed E-state index contributed by atoms with van der Waals surface area (Å²) in [5, 5.41) is 7.29. The number of amides is 1. The standard InChI is InChI=1S/C18H25N3O3S/c1-14(2)25(23,24)15(3)18(22)21-10-8-20(9-11-21)13-17-6-4-16(12-19)5-7-17/h4-7,14-15H,8-11,13H2,1-3H3. The summed E-state index contributed by atoms with van der Waals surface area (Å²) in [6, 6.07) is 9.57. The maximum Gasteiger partial charge on any atom is 0.240 e. The van der Waals surface area contributed by atoms with Gasteiger partial charge in [-0.3, -0.25) is 9.69 Å². The van der Waals surface area contributed by atoms with Crippen LogP contribution in [0.2, 0.25) is 0 Å². The van der Waals surface area contributed by atoms with Crippen LogP contribution in [-0.2, 0) is 21.2 Å². The molecule has 1 saturated heterocycles. The van der Waals surface area contributed by atoms with Gasteiger partial charge < -0.3 is 4.90 Å². The predicted molar refractivity (Wildman–Crippen MR) is 96.5 cm³/mol. The summed E-state index contributed by atoms with van der Waals surface area (Å²) in [5.41, 5.74) is 1.76. The highest BCUT2D eigenvalue weighted by Gasteiger charge is 2.34. The molecule has 136 valence electrons. The lowest BCUT2D eigenvalue weighted by Gasteiger charge is -2.36. The van der Waals surface area contributed by atoms with Crippen LogP contribution in [0, 0.1) is 11.3 Å². The molecule has 1 aliphatic rings. The van der Waals surface area contributed by atoms with Crippen molar-refractivity contribution in [2.75, 3.05) is 26.2 Å². The SMILES string of the molecule is CC(C)S(=O)(=O)C(C)C(=O)N1CCN(Cc2ccc(C#N)cc2)CC1. The molecule has 1 amide bonds. The fraction of sp³-hybridized carbons (Fsp3) is 0.556. The lowest BCUT2D eigenvalue weighted by Crippen LogP contribution is -2.52. The van der Waals surface area contributed by atoms with Crippen LogP contribution in [-0.4, -0.2) is 60.8 Å². The molecule has 2 rings (SSSR count). The molecule has 0 aromatic heterocycles. The van der Waals surface area contributed by atoms with Crippen molar-refractivity contribution in [3.05, 3.63) is 35.4 Å². The molecule has 0 radical (unpaired) electrons. The number of hydrogen-bond donors (Lipinski definition) is 0. The molecule has 1 aliphatic heterocycles. The number of carbonyl (C=O) groups is 1. The molecule has 7 heteroatoms. The topological polar surface area (TPSA) is 81.5 Å². The highest BCUT2D eigenvalue weighted by Crippen LogP contribution is 2.15. The fourth-order valence-corrected chi connectivity index (χ4v) is 4.12. The van der Waals surface area contributed by atoms with Crippen LogP contribution >= 0.6 is 0 Å². The summed E-state index contributed by atoms with van der Waals surface area (Å²) >= 11 is 0. The van der Waals surface area contributed by atoms with Gasteiger partial charge in [0.25, 0.3) is 0 Å². The van der Waals surface area contributed by atoms with Crippen LogP contribution in [0.25, 0.3) is 0 Å². The number of hydrogen-bond acceptors (Lipinski definition) is 5. The molecule has 1 heterocycles. The zero-order valence-electron chi connectivity index (χ0n) is 15.0. The smallest absolute Gasteiger partial charge is 0.240 e. The molecule has 6 nitrogen and oxygen atoms in total. The minimum Gasteiger partial charge on any atom is -0.339 e. The maximum atomic E-state index is 12.5. The van der Waals surface area contributed by atoms with Crippen molar-refractivity contribution in [3.8, 4) is 6.07 Å². The van der Waals surface area contributed by atoms with Crippen LogP contribution in [0.15, 0.2) is 24.3 Å². The molecule has 1 unspecified atom stereocenters. The summed E-state index contributed by atoms with van der Waals surface area (Å²) in [6.45, 7) is 7.94. The van der Waals surface area contributed by atoms with E-state index in [1.54, 1.807) is 30.9 Å². The van der Waals surface area contributed by atoms with Gasteiger partial charge in [0.2, 0.25) is 5.91 Å². The zero-order chi connectivity index (χ0) is 18.6. The fourth-order valence-electron chi connectivity index (χ4n) is 2.88. The first kappa shape index (κ1) is 19.4. The molecule has 0 aliphatic carbocycles. The van der Waals surface area contributed by atoms with Gasteiger partial charge in [0.05, 0.1) is 16.9 Å². The van der Waals surface area contributed by atoms with E-state index in [2.05, 4.69) is 11.0 Å². The molecular weight excluding hydrogens is 338 g/mol. The normalized spacial score (nSPS) is 17.3. The molecule has 0 N–H and O–H groups in total. The maximum absolute atomic E-state index is 12.5. The van der Waals surface area contributed by atoms with Crippen molar-refractivity contribution in [2.24, 2.45) is 0 Å². The second-order valence-corrected chi connectivity index (χ2v) is 9.52. The van der Waals surface area contributed by atoms with E-state index in [-0.39, 0.29) is 5.91 Å². The average Bonchev–Trinajstić information content (AvgIpc) is 2.61. The molecule has 1 aromatic carbocycles. The second-order valence-electron chi connectivity index (χ2n) is 6.69. The third-order valence-corrected chi connectivity index (χ3v) is 7.17. The van der Waals surface area contributed by atoms with Crippen molar-refractivity contribution in [2.45, 2.75) is 37.8 Å². The Balaban J connectivity index is 1.90. The Morgan fingerprint density at radius 3 is 2.16 bits per heavy atom. The summed E-state index contributed by atoms with van der Waals surface area (Å²) < 4.78 is 24.4. The predicted octanol–water partition coefficient (Wildman–Crippen LogP) is 1.41. The van der Waals surface area contributed by atoms with E-state index in [4.69, 9.17) is 5.26 Å². The van der Waals surface area contributed by atoms with E-state index in [0.29, 0.717) is 31.7 Å². The number of benzene rings is 1. The Kier molecular flexibility index (Phi) is 6.20. The van der Waals surface area contributed by atoms with Crippen LogP contribution in [0.3, 0.4) is 0 Å². The minimum atomic E-state index is -3.43. The van der Waals surface area contributed by atoms with Crippen LogP contribution in [0.4, 0.5) is 0 Å². The third kappa shape index (κ3) is 4.59. The van der Waals surface area contributed by atoms with Crippen molar-refractivity contribution in [1.82, 2.24) is 9.80 Å². The monoisotopic (exact) mass is 363 g/mol. The number of piperazine rings is 1. The van der Waals surface area contributed by atoms with Gasteiger partial charge in [-0.25, -0.2) is 8.42 Å².